The first-order valence-corrected chi connectivity index (χ1v) is 15.6. The Kier molecular flexibility index (Phi) is 7.27. The SMILES string of the molecule is CCOC(=O)c1c(NC(=O)c2c(N)n(-c3ccc(Cl)cc3)c3nc4ccccc4nc23)sc2c1CCC(c1ccccc1)C2. The summed E-state index contributed by atoms with van der Waals surface area (Å²) in [6.45, 7) is 2.00. The topological polar surface area (TPSA) is 112 Å². The largest absolute Gasteiger partial charge is 0.462 e. The fourth-order valence-electron chi connectivity index (χ4n) is 6.01. The van der Waals surface area contributed by atoms with E-state index in [1.165, 1.54) is 16.9 Å². The molecule has 0 saturated heterocycles. The molecule has 220 valence electrons. The summed E-state index contributed by atoms with van der Waals surface area (Å²) >= 11 is 7.59. The van der Waals surface area contributed by atoms with Crippen LogP contribution in [0.2, 0.25) is 5.02 Å². The fourth-order valence-corrected chi connectivity index (χ4v) is 7.44. The van der Waals surface area contributed by atoms with Gasteiger partial charge in [0.05, 0.1) is 23.2 Å². The summed E-state index contributed by atoms with van der Waals surface area (Å²) in [5, 5.41) is 4.05. The first-order chi connectivity index (χ1) is 21.4. The zero-order chi connectivity index (χ0) is 30.4. The molecule has 3 aromatic heterocycles. The zero-order valence-electron chi connectivity index (χ0n) is 23.8. The minimum Gasteiger partial charge on any atom is -0.462 e. The Labute approximate surface area is 262 Å². The third kappa shape index (κ3) is 4.88. The number of hydrogen-bond donors (Lipinski definition) is 2. The van der Waals surface area contributed by atoms with Crippen LogP contribution in [0.25, 0.3) is 27.9 Å². The molecule has 8 nitrogen and oxygen atoms in total. The molecule has 1 unspecified atom stereocenters. The second kappa shape index (κ2) is 11.4. The van der Waals surface area contributed by atoms with Crippen LogP contribution in [0.15, 0.2) is 78.9 Å². The molecule has 0 aliphatic heterocycles. The number of halogens is 1. The summed E-state index contributed by atoms with van der Waals surface area (Å²) in [4.78, 5) is 38.2. The van der Waals surface area contributed by atoms with Crippen LogP contribution in [-0.4, -0.2) is 33.0 Å². The maximum atomic E-state index is 14.2. The Morgan fingerprint density at radius 3 is 2.43 bits per heavy atom. The van der Waals surface area contributed by atoms with Crippen molar-refractivity contribution in [1.29, 1.82) is 0 Å². The highest BCUT2D eigenvalue weighted by Crippen LogP contribution is 2.43. The molecule has 1 aliphatic carbocycles. The van der Waals surface area contributed by atoms with Gasteiger partial charge in [0, 0.05) is 15.6 Å². The summed E-state index contributed by atoms with van der Waals surface area (Å²) in [7, 11) is 0. The second-order valence-corrected chi connectivity index (χ2v) is 12.2. The number of benzene rings is 3. The number of carbonyl (C=O) groups is 2. The first kappa shape index (κ1) is 28.1. The Balaban J connectivity index is 1.33. The molecule has 0 fully saturated rings. The van der Waals surface area contributed by atoms with Gasteiger partial charge in [-0.15, -0.1) is 11.3 Å². The third-order valence-electron chi connectivity index (χ3n) is 8.05. The lowest BCUT2D eigenvalue weighted by atomic mass is 9.83. The number of nitrogens with one attached hydrogen (secondary N) is 1. The van der Waals surface area contributed by atoms with Crippen LogP contribution in [-0.2, 0) is 17.6 Å². The van der Waals surface area contributed by atoms with Crippen LogP contribution in [0.5, 0.6) is 0 Å². The van der Waals surface area contributed by atoms with Crippen LogP contribution < -0.4 is 11.1 Å². The number of nitrogens with zero attached hydrogens (tertiary/aromatic N) is 3. The van der Waals surface area contributed by atoms with E-state index >= 15 is 0 Å². The molecule has 6 aromatic rings. The number of anilines is 2. The van der Waals surface area contributed by atoms with Gasteiger partial charge in [-0.2, -0.15) is 0 Å². The average molecular weight is 622 g/mol. The number of nitrogen functional groups attached to an aromatic ring is 1. The normalized spacial score (nSPS) is 14.5. The van der Waals surface area contributed by atoms with Crippen molar-refractivity contribution in [2.45, 2.75) is 32.1 Å². The number of fused-ring (bicyclic) bond motifs is 3. The molecule has 44 heavy (non-hydrogen) atoms. The summed E-state index contributed by atoms with van der Waals surface area (Å²) < 4.78 is 7.16. The van der Waals surface area contributed by atoms with Crippen molar-refractivity contribution in [2.24, 2.45) is 0 Å². The Hall–Kier alpha value is -4.73. The van der Waals surface area contributed by atoms with E-state index in [9.17, 15) is 9.59 Å². The monoisotopic (exact) mass is 621 g/mol. The lowest BCUT2D eigenvalue weighted by molar-refractivity contribution is 0.0526. The molecule has 10 heteroatoms. The van der Waals surface area contributed by atoms with Crippen LogP contribution in [0.1, 0.15) is 56.0 Å². The number of para-hydroxylation sites is 2. The average Bonchev–Trinajstić information content (AvgIpc) is 3.53. The van der Waals surface area contributed by atoms with E-state index in [1.54, 1.807) is 23.6 Å². The molecular weight excluding hydrogens is 594 g/mol. The molecule has 1 atom stereocenters. The number of amides is 1. The van der Waals surface area contributed by atoms with Gasteiger partial charge in [-0.05, 0) is 79.6 Å². The second-order valence-electron chi connectivity index (χ2n) is 10.7. The predicted molar refractivity (Wildman–Crippen MR) is 175 cm³/mol. The molecular formula is C34H28ClN5O3S. The molecule has 0 saturated carbocycles. The van der Waals surface area contributed by atoms with Gasteiger partial charge >= 0.3 is 5.97 Å². The number of aromatic nitrogens is 3. The van der Waals surface area contributed by atoms with Gasteiger partial charge in [-0.1, -0.05) is 54.1 Å². The smallest absolute Gasteiger partial charge is 0.341 e. The number of hydrogen-bond acceptors (Lipinski definition) is 7. The van der Waals surface area contributed by atoms with Gasteiger partial charge in [0.2, 0.25) is 0 Å². The van der Waals surface area contributed by atoms with Crippen LogP contribution in [0.4, 0.5) is 10.8 Å². The molecule has 3 aromatic carbocycles. The highest BCUT2D eigenvalue weighted by atomic mass is 35.5. The van der Waals surface area contributed by atoms with E-state index in [4.69, 9.17) is 32.0 Å². The van der Waals surface area contributed by atoms with Gasteiger partial charge in [0.15, 0.2) is 5.65 Å². The van der Waals surface area contributed by atoms with Crippen molar-refractivity contribution >= 4 is 67.8 Å². The molecule has 0 radical (unpaired) electrons. The Bertz CT molecular complexity index is 2050. The van der Waals surface area contributed by atoms with Crippen molar-refractivity contribution in [3.05, 3.63) is 111 Å². The minimum absolute atomic E-state index is 0.177. The molecule has 0 spiro atoms. The van der Waals surface area contributed by atoms with Crippen LogP contribution in [0.3, 0.4) is 0 Å². The number of carbonyl (C=O) groups excluding carboxylic acids is 2. The number of rotatable bonds is 6. The van der Waals surface area contributed by atoms with Crippen molar-refractivity contribution in [3.8, 4) is 5.69 Å². The standard InChI is InChI=1S/C34H28ClN5O3S/c1-2-43-34(42)27-23-17-12-20(19-8-4-3-5-9-19)18-26(23)44-33(27)39-32(41)28-29-31(38-25-11-7-6-10-24(25)37-29)40(30(28)36)22-15-13-21(35)14-16-22/h3-11,13-16,20H,2,12,17-18,36H2,1H3,(H,39,41). The lowest BCUT2D eigenvalue weighted by Gasteiger charge is -2.23. The van der Waals surface area contributed by atoms with E-state index in [2.05, 4.69) is 17.4 Å². The van der Waals surface area contributed by atoms with Gasteiger partial charge < -0.3 is 15.8 Å². The van der Waals surface area contributed by atoms with Crippen molar-refractivity contribution in [3.63, 3.8) is 0 Å². The van der Waals surface area contributed by atoms with E-state index in [0.717, 1.165) is 23.3 Å². The fraction of sp³-hybridized carbons (Fsp3) is 0.176. The van der Waals surface area contributed by atoms with E-state index in [0.29, 0.717) is 55.8 Å². The number of nitrogens with two attached hydrogens (primary N) is 1. The molecule has 1 amide bonds. The first-order valence-electron chi connectivity index (χ1n) is 14.4. The predicted octanol–water partition coefficient (Wildman–Crippen LogP) is 7.57. The zero-order valence-corrected chi connectivity index (χ0v) is 25.4. The summed E-state index contributed by atoms with van der Waals surface area (Å²) in [5.41, 5.74) is 12.3. The highest BCUT2D eigenvalue weighted by Gasteiger charge is 2.32. The van der Waals surface area contributed by atoms with Crippen molar-refractivity contribution in [1.82, 2.24) is 14.5 Å². The maximum Gasteiger partial charge on any atom is 0.341 e. The van der Waals surface area contributed by atoms with Gasteiger partial charge in [-0.25, -0.2) is 14.8 Å². The van der Waals surface area contributed by atoms with Crippen LogP contribution in [0, 0.1) is 0 Å². The Morgan fingerprint density at radius 1 is 1.00 bits per heavy atom. The summed E-state index contributed by atoms with van der Waals surface area (Å²) in [6, 6.07) is 25.0. The Morgan fingerprint density at radius 2 is 1.70 bits per heavy atom. The van der Waals surface area contributed by atoms with Gasteiger partial charge in [0.1, 0.15) is 21.9 Å². The van der Waals surface area contributed by atoms with E-state index in [1.807, 2.05) is 54.6 Å². The maximum absolute atomic E-state index is 14.2. The van der Waals surface area contributed by atoms with E-state index in [-0.39, 0.29) is 18.0 Å². The molecule has 7 rings (SSSR count). The third-order valence-corrected chi connectivity index (χ3v) is 9.47. The number of thiophene rings is 1. The molecule has 3 N–H and O–H groups in total. The molecule has 1 aliphatic rings. The van der Waals surface area contributed by atoms with Gasteiger partial charge in [-0.3, -0.25) is 9.36 Å². The number of esters is 1. The molecule has 3 heterocycles. The summed E-state index contributed by atoms with van der Waals surface area (Å²) in [5.74, 6) is -0.412. The lowest BCUT2D eigenvalue weighted by Crippen LogP contribution is -2.18. The molecule has 0 bridgehead atoms. The van der Waals surface area contributed by atoms with Crippen molar-refractivity contribution < 1.29 is 14.3 Å². The van der Waals surface area contributed by atoms with Crippen molar-refractivity contribution in [2.75, 3.05) is 17.7 Å². The van der Waals surface area contributed by atoms with Gasteiger partial charge in [0.25, 0.3) is 5.91 Å². The number of ether oxygens (including phenoxy) is 1. The summed E-state index contributed by atoms with van der Waals surface area (Å²) in [6.07, 6.45) is 2.39. The van der Waals surface area contributed by atoms with Crippen LogP contribution >= 0.6 is 22.9 Å². The highest BCUT2D eigenvalue weighted by molar-refractivity contribution is 7.17. The van der Waals surface area contributed by atoms with E-state index < -0.39 is 11.9 Å². The minimum atomic E-state index is -0.478. The quantitative estimate of drug-likeness (QED) is 0.186.